The van der Waals surface area contributed by atoms with Crippen molar-refractivity contribution in [2.45, 2.75) is 66.8 Å². The monoisotopic (exact) mass is 723 g/mol. The summed E-state index contributed by atoms with van der Waals surface area (Å²) in [5, 5.41) is 6.18. The first-order valence-corrected chi connectivity index (χ1v) is 18.2. The average molecular weight is 724 g/mol. The van der Waals surface area contributed by atoms with Crippen LogP contribution in [0.1, 0.15) is 67.6 Å². The molecule has 12 nitrogen and oxygen atoms in total. The molecule has 0 saturated carbocycles. The molecule has 282 valence electrons. The van der Waals surface area contributed by atoms with Gasteiger partial charge in [0.25, 0.3) is 5.91 Å². The molecule has 12 heteroatoms. The number of anilines is 4. The summed E-state index contributed by atoms with van der Waals surface area (Å²) in [5.41, 5.74) is 4.43. The number of benzene rings is 3. The second kappa shape index (κ2) is 19.4. The highest BCUT2D eigenvalue weighted by Crippen LogP contribution is 2.35. The Balaban J connectivity index is 1.54. The number of nitrogens with zero attached hydrogens (tertiary/aromatic N) is 5. The van der Waals surface area contributed by atoms with Crippen LogP contribution in [0.4, 0.5) is 27.9 Å². The minimum Gasteiger partial charge on any atom is -0.493 e. The number of carbonyl (C=O) groups excluding carboxylic acids is 3. The first-order chi connectivity index (χ1) is 25.5. The lowest BCUT2D eigenvalue weighted by atomic mass is 10.1. The van der Waals surface area contributed by atoms with Gasteiger partial charge in [0.1, 0.15) is 5.82 Å². The van der Waals surface area contributed by atoms with Crippen LogP contribution in [-0.4, -0.2) is 84.1 Å². The number of methoxy groups -OCH3 is 1. The normalized spacial score (nSPS) is 11.5. The fraction of sp³-hybridized carbons (Fsp3) is 0.390. The van der Waals surface area contributed by atoms with Crippen molar-refractivity contribution in [3.63, 3.8) is 0 Å². The molecule has 0 saturated heterocycles. The second-order valence-corrected chi connectivity index (χ2v) is 13.0. The van der Waals surface area contributed by atoms with Crippen LogP contribution in [0.2, 0.25) is 0 Å². The molecule has 1 heterocycles. The Morgan fingerprint density at radius 2 is 1.58 bits per heavy atom. The number of nitrogens with one attached hydrogen (secondary N) is 2. The summed E-state index contributed by atoms with van der Waals surface area (Å²) >= 11 is 0. The van der Waals surface area contributed by atoms with Gasteiger partial charge in [0.15, 0.2) is 11.5 Å². The van der Waals surface area contributed by atoms with Crippen LogP contribution in [0.25, 0.3) is 0 Å². The van der Waals surface area contributed by atoms with Crippen molar-refractivity contribution < 1.29 is 23.9 Å². The molecule has 1 unspecified atom stereocenters. The molecule has 1 atom stereocenters. The number of amides is 3. The molecule has 4 aromatic rings. The van der Waals surface area contributed by atoms with E-state index < -0.39 is 6.09 Å². The Morgan fingerprint density at radius 3 is 2.23 bits per heavy atom. The summed E-state index contributed by atoms with van der Waals surface area (Å²) in [6.07, 6.45) is 2.56. The third-order valence-electron chi connectivity index (χ3n) is 9.18. The molecule has 0 aliphatic carbocycles. The molecule has 3 aromatic carbocycles. The van der Waals surface area contributed by atoms with Gasteiger partial charge in [-0.15, -0.1) is 0 Å². The van der Waals surface area contributed by atoms with E-state index in [-0.39, 0.29) is 35.4 Å². The van der Waals surface area contributed by atoms with Gasteiger partial charge < -0.3 is 29.9 Å². The van der Waals surface area contributed by atoms with Crippen LogP contribution in [0.15, 0.2) is 72.9 Å². The number of ether oxygens (including phenoxy) is 2. The highest BCUT2D eigenvalue weighted by molar-refractivity contribution is 5.98. The molecule has 3 amide bonds. The number of aryl methyl sites for hydroxylation is 3. The topological polar surface area (TPSA) is 129 Å². The van der Waals surface area contributed by atoms with Gasteiger partial charge in [0.2, 0.25) is 11.9 Å². The zero-order chi connectivity index (χ0) is 38.5. The smallest absolute Gasteiger partial charge is 0.425 e. The first kappa shape index (κ1) is 40.3. The van der Waals surface area contributed by atoms with Crippen LogP contribution in [0.3, 0.4) is 0 Å². The Kier molecular flexibility index (Phi) is 14.7. The van der Waals surface area contributed by atoms with E-state index >= 15 is 0 Å². The van der Waals surface area contributed by atoms with Crippen molar-refractivity contribution in [2.24, 2.45) is 0 Å². The van der Waals surface area contributed by atoms with Crippen molar-refractivity contribution >= 4 is 41.0 Å². The third-order valence-corrected chi connectivity index (χ3v) is 9.18. The summed E-state index contributed by atoms with van der Waals surface area (Å²) < 4.78 is 11.6. The minimum atomic E-state index is -0.695. The van der Waals surface area contributed by atoms with E-state index in [0.717, 1.165) is 42.7 Å². The number of likely N-dealkylation sites (N-methyl/N-ethyl adjacent to an activating group) is 2. The SMILES string of the molecule is CCC(C)NC(=O)CCc1ccc(OC(=O)N(c2ccnc(Nc3ccc(C(=O)N(C)CCN(CC)CC)cc3)n2)c2c(C)cccc2C)c(OC)c1. The van der Waals surface area contributed by atoms with Crippen LogP contribution in [0, 0.1) is 13.8 Å². The molecule has 0 aliphatic heterocycles. The van der Waals surface area contributed by atoms with Gasteiger partial charge in [0, 0.05) is 56.1 Å². The molecular formula is C41H53N7O5. The van der Waals surface area contributed by atoms with Gasteiger partial charge in [-0.3, -0.25) is 9.59 Å². The van der Waals surface area contributed by atoms with Crippen LogP contribution >= 0.6 is 0 Å². The number of hydrogen-bond donors (Lipinski definition) is 2. The maximum Gasteiger partial charge on any atom is 0.425 e. The Hall–Kier alpha value is -5.49. The molecule has 0 aliphatic rings. The maximum absolute atomic E-state index is 14.1. The highest BCUT2D eigenvalue weighted by Gasteiger charge is 2.27. The zero-order valence-electron chi connectivity index (χ0n) is 32.2. The zero-order valence-corrected chi connectivity index (χ0v) is 32.2. The lowest BCUT2D eigenvalue weighted by Crippen LogP contribution is -2.36. The van der Waals surface area contributed by atoms with E-state index in [4.69, 9.17) is 14.5 Å². The molecular weight excluding hydrogens is 670 g/mol. The standard InChI is InChI=1S/C41H53N7O5/c1-9-30(6)43-37(49)22-16-31-15-21-34(35(27-31)52-8)53-41(51)48(38-28(4)13-12-14-29(38)5)36-23-24-42-40(45-36)44-33-19-17-32(18-20-33)39(50)46(7)25-26-47(10-2)11-3/h12-15,17-21,23-24,27,30H,9-11,16,22,25-26H2,1-8H3,(H,43,49)(H,42,44,45). The predicted octanol–water partition coefficient (Wildman–Crippen LogP) is 7.44. The maximum atomic E-state index is 14.1. The highest BCUT2D eigenvalue weighted by atomic mass is 16.6. The van der Waals surface area contributed by atoms with Crippen molar-refractivity contribution in [1.82, 2.24) is 25.1 Å². The van der Waals surface area contributed by atoms with Crippen molar-refractivity contribution in [3.05, 3.63) is 95.2 Å². The van der Waals surface area contributed by atoms with Gasteiger partial charge in [-0.2, -0.15) is 4.98 Å². The summed E-state index contributed by atoms with van der Waals surface area (Å²) in [5.74, 6) is 1.05. The van der Waals surface area contributed by atoms with Crippen LogP contribution < -0.4 is 25.0 Å². The molecule has 0 fully saturated rings. The summed E-state index contributed by atoms with van der Waals surface area (Å²) in [6, 6.07) is 19.9. The number of carbonyl (C=O) groups is 3. The van der Waals surface area contributed by atoms with Crippen molar-refractivity contribution in [2.75, 3.05) is 50.6 Å². The van der Waals surface area contributed by atoms with Crippen LogP contribution in [-0.2, 0) is 11.2 Å². The van der Waals surface area contributed by atoms with E-state index in [1.54, 1.807) is 53.6 Å². The lowest BCUT2D eigenvalue weighted by Gasteiger charge is -2.25. The fourth-order valence-corrected chi connectivity index (χ4v) is 5.77. The molecule has 0 bridgehead atoms. The van der Waals surface area contributed by atoms with Gasteiger partial charge in [-0.1, -0.05) is 45.0 Å². The third kappa shape index (κ3) is 11.0. The van der Waals surface area contributed by atoms with Gasteiger partial charge >= 0.3 is 6.09 Å². The van der Waals surface area contributed by atoms with Gasteiger partial charge in [-0.25, -0.2) is 14.7 Å². The molecule has 2 N–H and O–H groups in total. The number of rotatable bonds is 17. The molecule has 4 rings (SSSR count). The summed E-state index contributed by atoms with van der Waals surface area (Å²) in [7, 11) is 3.32. The number of aromatic nitrogens is 2. The molecule has 0 radical (unpaired) electrons. The summed E-state index contributed by atoms with van der Waals surface area (Å²) in [4.78, 5) is 54.1. The minimum absolute atomic E-state index is 0.0198. The lowest BCUT2D eigenvalue weighted by molar-refractivity contribution is -0.121. The average Bonchev–Trinajstić information content (AvgIpc) is 3.16. The molecule has 1 aromatic heterocycles. The second-order valence-electron chi connectivity index (χ2n) is 13.0. The first-order valence-electron chi connectivity index (χ1n) is 18.2. The quantitative estimate of drug-likeness (QED) is 0.114. The van der Waals surface area contributed by atoms with E-state index in [2.05, 4.69) is 34.4 Å². The van der Waals surface area contributed by atoms with E-state index in [1.807, 2.05) is 59.0 Å². The van der Waals surface area contributed by atoms with E-state index in [1.165, 1.54) is 12.0 Å². The predicted molar refractivity (Wildman–Crippen MR) is 210 cm³/mol. The van der Waals surface area contributed by atoms with Gasteiger partial charge in [-0.05, 0) is 99.8 Å². The van der Waals surface area contributed by atoms with Crippen molar-refractivity contribution in [3.8, 4) is 11.5 Å². The molecule has 0 spiro atoms. The van der Waals surface area contributed by atoms with E-state index in [0.29, 0.717) is 42.1 Å². The van der Waals surface area contributed by atoms with Crippen LogP contribution in [0.5, 0.6) is 11.5 Å². The number of hydrogen-bond acceptors (Lipinski definition) is 9. The Bertz CT molecular complexity index is 1820. The summed E-state index contributed by atoms with van der Waals surface area (Å²) in [6.45, 7) is 15.4. The van der Waals surface area contributed by atoms with Crippen molar-refractivity contribution in [1.29, 1.82) is 0 Å². The van der Waals surface area contributed by atoms with E-state index in [9.17, 15) is 14.4 Å². The fourth-order valence-electron chi connectivity index (χ4n) is 5.77. The Morgan fingerprint density at radius 1 is 0.887 bits per heavy atom. The van der Waals surface area contributed by atoms with Gasteiger partial charge in [0.05, 0.1) is 12.8 Å². The largest absolute Gasteiger partial charge is 0.493 e. The molecule has 53 heavy (non-hydrogen) atoms. The Labute approximate surface area is 313 Å². The number of para-hydroxylation sites is 1.